The number of carbonyl (C=O) groups is 1. The Morgan fingerprint density at radius 1 is 1.53 bits per heavy atom. The third kappa shape index (κ3) is 3.24. The summed E-state index contributed by atoms with van der Waals surface area (Å²) in [6, 6.07) is 8.05. The average molecular weight is 233 g/mol. The van der Waals surface area contributed by atoms with E-state index in [1.807, 2.05) is 0 Å². The molecule has 1 rings (SSSR count). The fourth-order valence-electron chi connectivity index (χ4n) is 1.20. The lowest BCUT2D eigenvalue weighted by atomic mass is 10.1. The highest BCUT2D eigenvalue weighted by atomic mass is 16.5. The first-order chi connectivity index (χ1) is 8.20. The van der Waals surface area contributed by atoms with Crippen molar-refractivity contribution in [3.8, 4) is 11.8 Å². The van der Waals surface area contributed by atoms with Gasteiger partial charge in [0.15, 0.2) is 6.61 Å². The number of aromatic hydroxyl groups is 1. The number of benzene rings is 1. The summed E-state index contributed by atoms with van der Waals surface area (Å²) in [5.41, 5.74) is 0.345. The Labute approximate surface area is 98.5 Å². The van der Waals surface area contributed by atoms with Crippen LogP contribution in [0.3, 0.4) is 0 Å². The van der Waals surface area contributed by atoms with Crippen LogP contribution in [0.1, 0.15) is 5.56 Å². The van der Waals surface area contributed by atoms with Crippen molar-refractivity contribution in [1.29, 1.82) is 5.26 Å². The quantitative estimate of drug-likeness (QED) is 0.368. The molecule has 0 atom stereocenters. The molecule has 17 heavy (non-hydrogen) atoms. The molecule has 0 radical (unpaired) electrons. The standard InChI is InChI=1S/C12H11NO4/c1-16-12(15)10(8-17-7-6-13)9-4-2-3-5-11(9)14/h2-5,8,14H,7H2,1H3/b10-8+. The molecule has 0 spiro atoms. The maximum atomic E-state index is 11.5. The van der Waals surface area contributed by atoms with Crippen molar-refractivity contribution < 1.29 is 19.4 Å². The van der Waals surface area contributed by atoms with Gasteiger partial charge in [0, 0.05) is 5.56 Å². The third-order valence-electron chi connectivity index (χ3n) is 1.95. The molecule has 0 saturated carbocycles. The highest BCUT2D eigenvalue weighted by Crippen LogP contribution is 2.25. The number of phenolic OH excluding ortho intramolecular Hbond substituents is 1. The van der Waals surface area contributed by atoms with Gasteiger partial charge < -0.3 is 14.6 Å². The van der Waals surface area contributed by atoms with E-state index in [4.69, 9.17) is 10.00 Å². The minimum Gasteiger partial charge on any atom is -0.507 e. The number of esters is 1. The molecule has 1 aromatic carbocycles. The highest BCUT2D eigenvalue weighted by molar-refractivity contribution is 6.16. The molecule has 0 heterocycles. The summed E-state index contributed by atoms with van der Waals surface area (Å²) in [6.45, 7) is -0.186. The highest BCUT2D eigenvalue weighted by Gasteiger charge is 2.16. The van der Waals surface area contributed by atoms with Crippen LogP contribution >= 0.6 is 0 Å². The Hall–Kier alpha value is -2.48. The summed E-state index contributed by atoms with van der Waals surface area (Å²) >= 11 is 0. The van der Waals surface area contributed by atoms with Gasteiger partial charge in [-0.05, 0) is 6.07 Å². The predicted octanol–water partition coefficient (Wildman–Crippen LogP) is 1.45. The van der Waals surface area contributed by atoms with Gasteiger partial charge in [-0.2, -0.15) is 5.26 Å². The van der Waals surface area contributed by atoms with E-state index in [1.165, 1.54) is 13.2 Å². The van der Waals surface area contributed by atoms with Crippen LogP contribution in [0.25, 0.3) is 5.57 Å². The average Bonchev–Trinajstić information content (AvgIpc) is 2.35. The van der Waals surface area contributed by atoms with Crippen molar-refractivity contribution >= 4 is 11.5 Å². The third-order valence-corrected chi connectivity index (χ3v) is 1.95. The van der Waals surface area contributed by atoms with Crippen molar-refractivity contribution in [3.05, 3.63) is 36.1 Å². The normalized spacial score (nSPS) is 10.5. The molecule has 5 nitrogen and oxygen atoms in total. The van der Waals surface area contributed by atoms with E-state index in [2.05, 4.69) is 4.74 Å². The molecule has 0 unspecified atom stereocenters. The van der Waals surface area contributed by atoms with Gasteiger partial charge in [-0.3, -0.25) is 0 Å². The summed E-state index contributed by atoms with van der Waals surface area (Å²) in [5, 5.41) is 17.9. The SMILES string of the molecule is COC(=O)/C(=C/OCC#N)c1ccccc1O. The van der Waals surface area contributed by atoms with Gasteiger partial charge in [-0.25, -0.2) is 4.79 Å². The van der Waals surface area contributed by atoms with Crippen LogP contribution in [-0.4, -0.2) is 24.8 Å². The lowest BCUT2D eigenvalue weighted by molar-refractivity contribution is -0.133. The first-order valence-electron chi connectivity index (χ1n) is 4.76. The van der Waals surface area contributed by atoms with Crippen LogP contribution in [0, 0.1) is 11.3 Å². The number of methoxy groups -OCH3 is 1. The van der Waals surface area contributed by atoms with Crippen molar-refractivity contribution in [2.45, 2.75) is 0 Å². The molecule has 5 heteroatoms. The van der Waals surface area contributed by atoms with Crippen LogP contribution in [0.5, 0.6) is 5.75 Å². The zero-order chi connectivity index (χ0) is 12.7. The van der Waals surface area contributed by atoms with Crippen molar-refractivity contribution in [2.24, 2.45) is 0 Å². The fourth-order valence-corrected chi connectivity index (χ4v) is 1.20. The Kier molecular flexibility index (Phi) is 4.58. The number of nitrogens with zero attached hydrogens (tertiary/aromatic N) is 1. The van der Waals surface area contributed by atoms with E-state index in [9.17, 15) is 9.90 Å². The number of ether oxygens (including phenoxy) is 2. The first kappa shape index (κ1) is 12.6. The van der Waals surface area contributed by atoms with Gasteiger partial charge in [0.05, 0.1) is 13.4 Å². The molecular weight excluding hydrogens is 222 g/mol. The molecule has 88 valence electrons. The monoisotopic (exact) mass is 233 g/mol. The molecular formula is C12H11NO4. The Morgan fingerprint density at radius 3 is 2.82 bits per heavy atom. The molecule has 0 saturated heterocycles. The molecule has 0 amide bonds. The summed E-state index contributed by atoms with van der Waals surface area (Å²) in [6.07, 6.45) is 1.10. The van der Waals surface area contributed by atoms with Crippen LogP contribution in [0.15, 0.2) is 30.5 Å². The molecule has 0 aliphatic carbocycles. The van der Waals surface area contributed by atoms with Gasteiger partial charge in [0.2, 0.25) is 0 Å². The zero-order valence-electron chi connectivity index (χ0n) is 9.21. The number of hydrogen-bond acceptors (Lipinski definition) is 5. The maximum Gasteiger partial charge on any atom is 0.341 e. The van der Waals surface area contributed by atoms with E-state index in [0.717, 1.165) is 6.26 Å². The molecule has 1 N–H and O–H groups in total. The summed E-state index contributed by atoms with van der Waals surface area (Å²) in [4.78, 5) is 11.5. The van der Waals surface area contributed by atoms with Gasteiger partial charge in [-0.1, -0.05) is 18.2 Å². The van der Waals surface area contributed by atoms with Crippen LogP contribution in [0.2, 0.25) is 0 Å². The largest absolute Gasteiger partial charge is 0.507 e. The molecule has 0 aromatic heterocycles. The van der Waals surface area contributed by atoms with E-state index >= 15 is 0 Å². The number of carbonyl (C=O) groups excluding carboxylic acids is 1. The van der Waals surface area contributed by atoms with Gasteiger partial charge in [0.1, 0.15) is 17.4 Å². The minimum atomic E-state index is -0.649. The second kappa shape index (κ2) is 6.18. The van der Waals surface area contributed by atoms with E-state index in [0.29, 0.717) is 0 Å². The molecule has 0 fully saturated rings. The van der Waals surface area contributed by atoms with Crippen LogP contribution in [0.4, 0.5) is 0 Å². The van der Waals surface area contributed by atoms with E-state index < -0.39 is 5.97 Å². The Bertz CT molecular complexity index is 474. The topological polar surface area (TPSA) is 79.5 Å². The fraction of sp³-hybridized carbons (Fsp3) is 0.167. The number of para-hydroxylation sites is 1. The van der Waals surface area contributed by atoms with Gasteiger partial charge >= 0.3 is 5.97 Å². The minimum absolute atomic E-state index is 0.0563. The second-order valence-corrected chi connectivity index (χ2v) is 3.01. The number of phenols is 1. The van der Waals surface area contributed by atoms with Gasteiger partial charge in [0.25, 0.3) is 0 Å². The predicted molar refractivity (Wildman–Crippen MR) is 59.7 cm³/mol. The van der Waals surface area contributed by atoms with E-state index in [1.54, 1.807) is 24.3 Å². The number of hydrogen-bond donors (Lipinski definition) is 1. The summed E-state index contributed by atoms with van der Waals surface area (Å²) in [7, 11) is 1.22. The molecule has 0 bridgehead atoms. The number of nitriles is 1. The Morgan fingerprint density at radius 2 is 2.24 bits per heavy atom. The zero-order valence-corrected chi connectivity index (χ0v) is 9.21. The molecule has 0 aliphatic rings. The molecule has 1 aromatic rings. The lowest BCUT2D eigenvalue weighted by Gasteiger charge is -2.07. The van der Waals surface area contributed by atoms with Crippen molar-refractivity contribution in [1.82, 2.24) is 0 Å². The second-order valence-electron chi connectivity index (χ2n) is 3.01. The smallest absolute Gasteiger partial charge is 0.341 e. The van der Waals surface area contributed by atoms with Crippen molar-refractivity contribution in [2.75, 3.05) is 13.7 Å². The molecule has 0 aliphatic heterocycles. The number of rotatable bonds is 4. The summed E-state index contributed by atoms with van der Waals surface area (Å²) < 4.78 is 9.41. The van der Waals surface area contributed by atoms with Gasteiger partial charge in [-0.15, -0.1) is 0 Å². The Balaban J connectivity index is 3.08. The van der Waals surface area contributed by atoms with E-state index in [-0.39, 0.29) is 23.5 Å². The summed E-state index contributed by atoms with van der Waals surface area (Å²) in [5.74, 6) is -0.714. The lowest BCUT2D eigenvalue weighted by Crippen LogP contribution is -2.05. The van der Waals surface area contributed by atoms with Crippen molar-refractivity contribution in [3.63, 3.8) is 0 Å². The van der Waals surface area contributed by atoms with Crippen LogP contribution in [-0.2, 0) is 14.3 Å². The maximum absolute atomic E-state index is 11.5. The van der Waals surface area contributed by atoms with Crippen LogP contribution < -0.4 is 0 Å². The first-order valence-corrected chi connectivity index (χ1v) is 4.76.